The minimum absolute atomic E-state index is 0.0124. The Kier molecular flexibility index (Phi) is 9.09. The number of hydrogen-bond acceptors (Lipinski definition) is 4. The lowest BCUT2D eigenvalue weighted by atomic mass is 9.92. The molecule has 1 fully saturated rings. The predicted octanol–water partition coefficient (Wildman–Crippen LogP) is 4.96. The summed E-state index contributed by atoms with van der Waals surface area (Å²) in [5.41, 5.74) is 0.682. The van der Waals surface area contributed by atoms with Crippen LogP contribution in [0.1, 0.15) is 37.0 Å². The molecule has 2 unspecified atom stereocenters. The summed E-state index contributed by atoms with van der Waals surface area (Å²) in [7, 11) is 0. The number of benzene rings is 2. The van der Waals surface area contributed by atoms with Gasteiger partial charge in [-0.2, -0.15) is 0 Å². The summed E-state index contributed by atoms with van der Waals surface area (Å²) in [5.74, 6) is 3.23. The number of likely N-dealkylation sites (tertiary alicyclic amines) is 1. The van der Waals surface area contributed by atoms with Crippen molar-refractivity contribution >= 4 is 17.7 Å². The molecule has 162 valence electrons. The second-order valence-electron chi connectivity index (χ2n) is 8.35. The van der Waals surface area contributed by atoms with E-state index in [2.05, 4.69) is 36.2 Å². The lowest BCUT2D eigenvalue weighted by Gasteiger charge is -2.34. The van der Waals surface area contributed by atoms with Crippen LogP contribution in [0, 0.1) is 11.8 Å². The molecule has 0 bridgehead atoms. The quantitative estimate of drug-likeness (QED) is 0.431. The van der Waals surface area contributed by atoms with E-state index in [-0.39, 0.29) is 5.91 Å². The van der Waals surface area contributed by atoms with E-state index in [1.165, 1.54) is 24.4 Å². The number of nitrogens with one attached hydrogen (secondary N) is 1. The summed E-state index contributed by atoms with van der Waals surface area (Å²) in [6, 6.07) is 17.7. The highest BCUT2D eigenvalue weighted by Gasteiger charge is 2.21. The van der Waals surface area contributed by atoms with Crippen LogP contribution in [0.2, 0.25) is 0 Å². The van der Waals surface area contributed by atoms with Crippen molar-refractivity contribution in [1.29, 1.82) is 0 Å². The lowest BCUT2D eigenvalue weighted by molar-refractivity contribution is 0.0947. The Morgan fingerprint density at radius 2 is 1.77 bits per heavy atom. The number of carbonyl (C=O) groups is 1. The number of nitrogens with zero attached hydrogens (tertiary/aromatic N) is 1. The summed E-state index contributed by atoms with van der Waals surface area (Å²) in [6.45, 7) is 9.45. The summed E-state index contributed by atoms with van der Waals surface area (Å²) in [4.78, 5) is 16.1. The Labute approximate surface area is 185 Å². The van der Waals surface area contributed by atoms with Gasteiger partial charge in [0.15, 0.2) is 0 Å². The largest absolute Gasteiger partial charge is 0.493 e. The van der Waals surface area contributed by atoms with Crippen LogP contribution in [0.15, 0.2) is 59.5 Å². The average molecular weight is 427 g/mol. The summed E-state index contributed by atoms with van der Waals surface area (Å²) in [6.07, 6.45) is 2.32. The predicted molar refractivity (Wildman–Crippen MR) is 125 cm³/mol. The smallest absolute Gasteiger partial charge is 0.251 e. The topological polar surface area (TPSA) is 41.6 Å². The molecule has 1 N–H and O–H groups in total. The van der Waals surface area contributed by atoms with Gasteiger partial charge >= 0.3 is 0 Å². The van der Waals surface area contributed by atoms with Gasteiger partial charge in [0.2, 0.25) is 0 Å². The molecule has 5 heteroatoms. The zero-order valence-corrected chi connectivity index (χ0v) is 19.0. The van der Waals surface area contributed by atoms with Gasteiger partial charge in [-0.05, 0) is 67.6 Å². The number of rotatable bonds is 10. The van der Waals surface area contributed by atoms with Crippen LogP contribution in [0.25, 0.3) is 0 Å². The molecule has 0 aromatic heterocycles. The first-order valence-electron chi connectivity index (χ1n) is 11.0. The van der Waals surface area contributed by atoms with E-state index in [0.717, 1.165) is 36.3 Å². The molecule has 2 aromatic carbocycles. The van der Waals surface area contributed by atoms with Gasteiger partial charge in [0.25, 0.3) is 5.91 Å². The fourth-order valence-electron chi connectivity index (χ4n) is 4.12. The van der Waals surface area contributed by atoms with E-state index in [0.29, 0.717) is 18.7 Å². The molecule has 0 spiro atoms. The van der Waals surface area contributed by atoms with E-state index in [1.807, 2.05) is 42.5 Å². The van der Waals surface area contributed by atoms with Crippen molar-refractivity contribution in [2.45, 2.75) is 31.6 Å². The molecule has 1 amide bonds. The van der Waals surface area contributed by atoms with Crippen LogP contribution < -0.4 is 10.1 Å². The van der Waals surface area contributed by atoms with Gasteiger partial charge < -0.3 is 15.0 Å². The van der Waals surface area contributed by atoms with Gasteiger partial charge in [-0.15, -0.1) is 11.8 Å². The van der Waals surface area contributed by atoms with Crippen molar-refractivity contribution in [2.75, 3.05) is 38.5 Å². The molecule has 0 radical (unpaired) electrons. The van der Waals surface area contributed by atoms with Gasteiger partial charge in [0.05, 0.1) is 6.61 Å². The number of amides is 1. The van der Waals surface area contributed by atoms with Crippen molar-refractivity contribution in [3.8, 4) is 5.75 Å². The third-order valence-corrected chi connectivity index (χ3v) is 6.34. The number of hydrogen-bond donors (Lipinski definition) is 1. The number of thioether (sulfide) groups is 1. The first-order valence-corrected chi connectivity index (χ1v) is 12.0. The Morgan fingerprint density at radius 1 is 1.07 bits per heavy atom. The Balaban J connectivity index is 1.31. The zero-order valence-electron chi connectivity index (χ0n) is 18.2. The zero-order chi connectivity index (χ0) is 21.2. The maximum absolute atomic E-state index is 12.4. The monoisotopic (exact) mass is 426 g/mol. The van der Waals surface area contributed by atoms with Crippen LogP contribution in [0.3, 0.4) is 0 Å². The molecule has 1 heterocycles. The van der Waals surface area contributed by atoms with Crippen LogP contribution in [0.4, 0.5) is 0 Å². The third kappa shape index (κ3) is 7.69. The molecule has 2 atom stereocenters. The van der Waals surface area contributed by atoms with E-state index < -0.39 is 0 Å². The standard InChI is InChI=1S/C25H34N2O2S/c1-20-17-21(2)19-27(18-20)14-6-13-26-25(28)22-9-11-23(12-10-22)29-15-16-30-24-7-4-3-5-8-24/h3-5,7-12,20-21H,6,13-19H2,1-2H3,(H,26,28). The minimum atomic E-state index is -0.0124. The Hall–Kier alpha value is -1.98. The first-order chi connectivity index (χ1) is 14.6. The number of piperidine rings is 1. The molecule has 1 aliphatic heterocycles. The molecular weight excluding hydrogens is 392 g/mol. The second kappa shape index (κ2) is 12.0. The summed E-state index contributed by atoms with van der Waals surface area (Å²) in [5, 5.41) is 3.04. The molecule has 3 rings (SSSR count). The molecule has 4 nitrogen and oxygen atoms in total. The van der Waals surface area contributed by atoms with E-state index in [1.54, 1.807) is 11.8 Å². The van der Waals surface area contributed by atoms with Crippen molar-refractivity contribution in [1.82, 2.24) is 10.2 Å². The highest BCUT2D eigenvalue weighted by Crippen LogP contribution is 2.21. The Bertz CT molecular complexity index is 756. The second-order valence-corrected chi connectivity index (χ2v) is 9.52. The van der Waals surface area contributed by atoms with E-state index in [4.69, 9.17) is 4.74 Å². The highest BCUT2D eigenvalue weighted by atomic mass is 32.2. The average Bonchev–Trinajstić information content (AvgIpc) is 2.75. The molecule has 1 aliphatic rings. The summed E-state index contributed by atoms with van der Waals surface area (Å²) < 4.78 is 5.79. The molecule has 2 aromatic rings. The van der Waals surface area contributed by atoms with E-state index >= 15 is 0 Å². The molecule has 30 heavy (non-hydrogen) atoms. The van der Waals surface area contributed by atoms with E-state index in [9.17, 15) is 4.79 Å². The van der Waals surface area contributed by atoms with Gasteiger partial charge in [-0.25, -0.2) is 0 Å². The van der Waals surface area contributed by atoms with Crippen molar-refractivity contribution in [2.24, 2.45) is 11.8 Å². The number of carbonyl (C=O) groups excluding carboxylic acids is 1. The van der Waals surface area contributed by atoms with Gasteiger partial charge in [0.1, 0.15) is 5.75 Å². The van der Waals surface area contributed by atoms with Crippen molar-refractivity contribution in [3.05, 3.63) is 60.2 Å². The van der Waals surface area contributed by atoms with Crippen LogP contribution >= 0.6 is 11.8 Å². The third-order valence-electron chi connectivity index (χ3n) is 5.36. The Morgan fingerprint density at radius 3 is 2.47 bits per heavy atom. The van der Waals surface area contributed by atoms with Gasteiger partial charge in [-0.3, -0.25) is 4.79 Å². The summed E-state index contributed by atoms with van der Waals surface area (Å²) >= 11 is 1.78. The first kappa shape index (κ1) is 22.7. The number of ether oxygens (including phenoxy) is 1. The van der Waals surface area contributed by atoms with Crippen LogP contribution in [-0.4, -0.2) is 49.3 Å². The fourth-order valence-corrected chi connectivity index (χ4v) is 4.87. The molecule has 0 aliphatic carbocycles. The van der Waals surface area contributed by atoms with Crippen molar-refractivity contribution in [3.63, 3.8) is 0 Å². The van der Waals surface area contributed by atoms with Gasteiger partial charge in [0, 0.05) is 35.8 Å². The maximum Gasteiger partial charge on any atom is 0.251 e. The lowest BCUT2D eigenvalue weighted by Crippen LogP contribution is -2.40. The molecule has 0 saturated carbocycles. The SMILES string of the molecule is CC1CC(C)CN(CCCNC(=O)c2ccc(OCCSc3ccccc3)cc2)C1. The normalized spacial score (nSPS) is 19.4. The van der Waals surface area contributed by atoms with Crippen molar-refractivity contribution < 1.29 is 9.53 Å². The highest BCUT2D eigenvalue weighted by molar-refractivity contribution is 7.99. The van der Waals surface area contributed by atoms with Crippen LogP contribution in [0.5, 0.6) is 5.75 Å². The van der Waals surface area contributed by atoms with Gasteiger partial charge in [-0.1, -0.05) is 32.0 Å². The molecular formula is C25H34N2O2S. The fraction of sp³-hybridized carbons (Fsp3) is 0.480. The minimum Gasteiger partial charge on any atom is -0.493 e. The molecule has 1 saturated heterocycles. The maximum atomic E-state index is 12.4. The van der Waals surface area contributed by atoms with Crippen LogP contribution in [-0.2, 0) is 0 Å².